The van der Waals surface area contributed by atoms with Crippen LogP contribution in [0, 0.1) is 0 Å². The molecule has 5 nitrogen and oxygen atoms in total. The Hall–Kier alpha value is -0.720. The molecule has 0 amide bonds. The molecule has 13 heavy (non-hydrogen) atoms. The Morgan fingerprint density at radius 3 is 2.92 bits per heavy atom. The van der Waals surface area contributed by atoms with Gasteiger partial charge in [-0.05, 0) is 26.1 Å². The molecular formula is C7H13N3O2S. The topological polar surface area (TPSA) is 68.9 Å². The highest BCUT2D eigenvalue weighted by Crippen LogP contribution is 2.20. The SMILES string of the molecule is CC1(C)OC[C@H](/C=N/NC(N)=S)O1. The fraction of sp³-hybridized carbons (Fsp3) is 0.714. The van der Waals surface area contributed by atoms with E-state index in [0.717, 1.165) is 0 Å². The van der Waals surface area contributed by atoms with Gasteiger partial charge in [-0.25, -0.2) is 0 Å². The summed E-state index contributed by atoms with van der Waals surface area (Å²) in [4.78, 5) is 0. The monoisotopic (exact) mass is 203 g/mol. The van der Waals surface area contributed by atoms with Crippen LogP contribution in [0.25, 0.3) is 0 Å². The van der Waals surface area contributed by atoms with Crippen molar-refractivity contribution in [2.45, 2.75) is 25.7 Å². The van der Waals surface area contributed by atoms with Gasteiger partial charge in [0, 0.05) is 0 Å². The largest absolute Gasteiger partial charge is 0.375 e. The van der Waals surface area contributed by atoms with Gasteiger partial charge >= 0.3 is 0 Å². The predicted octanol–water partition coefficient (Wildman–Crippen LogP) is -0.0431. The first-order valence-corrected chi connectivity index (χ1v) is 4.31. The van der Waals surface area contributed by atoms with Gasteiger partial charge in [-0.3, -0.25) is 5.43 Å². The highest BCUT2D eigenvalue weighted by Gasteiger charge is 2.31. The van der Waals surface area contributed by atoms with Gasteiger partial charge in [0.05, 0.1) is 12.8 Å². The van der Waals surface area contributed by atoms with Crippen molar-refractivity contribution < 1.29 is 9.47 Å². The number of rotatable bonds is 2. The quantitative estimate of drug-likeness (QED) is 0.374. The van der Waals surface area contributed by atoms with Crippen molar-refractivity contribution in [3.63, 3.8) is 0 Å². The van der Waals surface area contributed by atoms with Crippen molar-refractivity contribution in [2.24, 2.45) is 10.8 Å². The van der Waals surface area contributed by atoms with Crippen LogP contribution in [-0.4, -0.2) is 29.8 Å². The molecule has 0 saturated carbocycles. The van der Waals surface area contributed by atoms with Gasteiger partial charge in [-0.1, -0.05) is 0 Å². The molecule has 1 atom stereocenters. The summed E-state index contributed by atoms with van der Waals surface area (Å²) in [6, 6.07) is 0. The van der Waals surface area contributed by atoms with Crippen molar-refractivity contribution in [3.05, 3.63) is 0 Å². The zero-order valence-corrected chi connectivity index (χ0v) is 8.43. The van der Waals surface area contributed by atoms with Crippen molar-refractivity contribution in [2.75, 3.05) is 6.61 Å². The van der Waals surface area contributed by atoms with Gasteiger partial charge in [0.25, 0.3) is 0 Å². The van der Waals surface area contributed by atoms with Crippen molar-refractivity contribution in [1.29, 1.82) is 0 Å². The zero-order chi connectivity index (χ0) is 9.90. The average molecular weight is 203 g/mol. The molecule has 6 heteroatoms. The predicted molar refractivity (Wildman–Crippen MR) is 53.3 cm³/mol. The van der Waals surface area contributed by atoms with E-state index in [1.165, 1.54) is 0 Å². The zero-order valence-electron chi connectivity index (χ0n) is 7.61. The molecule has 1 aliphatic heterocycles. The molecule has 0 spiro atoms. The van der Waals surface area contributed by atoms with Gasteiger partial charge < -0.3 is 15.2 Å². The Morgan fingerprint density at radius 2 is 2.46 bits per heavy atom. The summed E-state index contributed by atoms with van der Waals surface area (Å²) in [5.41, 5.74) is 7.61. The Kier molecular flexibility index (Phi) is 3.18. The number of nitrogens with two attached hydrogens (primary N) is 1. The molecule has 0 aliphatic carbocycles. The lowest BCUT2D eigenvalue weighted by Gasteiger charge is -2.15. The van der Waals surface area contributed by atoms with E-state index in [2.05, 4.69) is 22.7 Å². The van der Waals surface area contributed by atoms with Crippen LogP contribution in [0.15, 0.2) is 5.10 Å². The minimum absolute atomic E-state index is 0.134. The third-order valence-corrected chi connectivity index (χ3v) is 1.54. The molecule has 0 aromatic heterocycles. The van der Waals surface area contributed by atoms with Crippen LogP contribution in [0.2, 0.25) is 0 Å². The molecule has 1 heterocycles. The highest BCUT2D eigenvalue weighted by molar-refractivity contribution is 7.80. The molecule has 0 aromatic rings. The van der Waals surface area contributed by atoms with E-state index in [4.69, 9.17) is 15.2 Å². The first-order chi connectivity index (χ1) is 5.99. The molecule has 0 bridgehead atoms. The van der Waals surface area contributed by atoms with E-state index in [1.54, 1.807) is 6.21 Å². The summed E-state index contributed by atoms with van der Waals surface area (Å²) in [5.74, 6) is -0.528. The number of ether oxygens (including phenoxy) is 2. The Labute approximate surface area is 82.3 Å². The minimum atomic E-state index is -0.528. The molecular weight excluding hydrogens is 190 g/mol. The van der Waals surface area contributed by atoms with E-state index < -0.39 is 5.79 Å². The average Bonchev–Trinajstić information content (AvgIpc) is 2.29. The molecule has 1 rings (SSSR count). The molecule has 1 saturated heterocycles. The molecule has 74 valence electrons. The van der Waals surface area contributed by atoms with Crippen molar-refractivity contribution in [3.8, 4) is 0 Å². The second-order valence-electron chi connectivity index (χ2n) is 3.12. The van der Waals surface area contributed by atoms with Crippen molar-refractivity contribution in [1.82, 2.24) is 5.43 Å². The Morgan fingerprint density at radius 1 is 1.77 bits per heavy atom. The molecule has 1 aliphatic rings. The van der Waals surface area contributed by atoms with Crippen LogP contribution in [0.5, 0.6) is 0 Å². The maximum atomic E-state index is 5.43. The van der Waals surface area contributed by atoms with Crippen LogP contribution < -0.4 is 11.2 Å². The maximum Gasteiger partial charge on any atom is 0.184 e. The minimum Gasteiger partial charge on any atom is -0.375 e. The Bertz CT molecular complexity index is 230. The molecule has 3 N–H and O–H groups in total. The van der Waals surface area contributed by atoms with E-state index in [9.17, 15) is 0 Å². The normalized spacial score (nSPS) is 26.5. The van der Waals surface area contributed by atoms with E-state index in [-0.39, 0.29) is 11.2 Å². The third kappa shape index (κ3) is 3.67. The smallest absolute Gasteiger partial charge is 0.184 e. The summed E-state index contributed by atoms with van der Waals surface area (Å²) >= 11 is 4.56. The van der Waals surface area contributed by atoms with Crippen molar-refractivity contribution >= 4 is 23.5 Å². The van der Waals surface area contributed by atoms with E-state index in [1.807, 2.05) is 13.8 Å². The molecule has 0 radical (unpaired) electrons. The number of hydrogen-bond donors (Lipinski definition) is 2. The van der Waals surface area contributed by atoms with Crippen LogP contribution in [0.3, 0.4) is 0 Å². The first kappa shape index (κ1) is 10.4. The fourth-order valence-corrected chi connectivity index (χ4v) is 1.03. The lowest BCUT2D eigenvalue weighted by Crippen LogP contribution is -2.26. The van der Waals surface area contributed by atoms with Crippen LogP contribution in [-0.2, 0) is 9.47 Å². The van der Waals surface area contributed by atoms with Gasteiger partial charge in [0.15, 0.2) is 10.9 Å². The Balaban J connectivity index is 2.32. The molecule has 0 unspecified atom stereocenters. The van der Waals surface area contributed by atoms with Gasteiger partial charge in [0.2, 0.25) is 0 Å². The number of nitrogens with zero attached hydrogens (tertiary/aromatic N) is 1. The summed E-state index contributed by atoms with van der Waals surface area (Å²) in [5, 5.41) is 3.91. The van der Waals surface area contributed by atoms with Gasteiger partial charge in [-0.15, -0.1) is 0 Å². The molecule has 0 aromatic carbocycles. The summed E-state index contributed by atoms with van der Waals surface area (Å²) < 4.78 is 10.7. The van der Waals surface area contributed by atoms with Crippen LogP contribution in [0.1, 0.15) is 13.8 Å². The second kappa shape index (κ2) is 3.99. The van der Waals surface area contributed by atoms with E-state index >= 15 is 0 Å². The summed E-state index contributed by atoms with van der Waals surface area (Å²) in [6.45, 7) is 4.19. The third-order valence-electron chi connectivity index (χ3n) is 1.45. The maximum absolute atomic E-state index is 5.43. The lowest BCUT2D eigenvalue weighted by molar-refractivity contribution is -0.130. The fourth-order valence-electron chi connectivity index (χ4n) is 0.973. The van der Waals surface area contributed by atoms with E-state index in [0.29, 0.717) is 6.61 Å². The lowest BCUT2D eigenvalue weighted by atomic mass is 10.4. The standard InChI is InChI=1S/C7H13N3O2S/c1-7(2)11-4-5(12-7)3-9-10-6(8)13/h3,5H,4H2,1-2H3,(H3,8,10,13)/b9-3+/t5-/m0/s1. The number of hydrazone groups is 1. The molecule has 1 fully saturated rings. The number of thiocarbonyl (C=S) groups is 1. The highest BCUT2D eigenvalue weighted by atomic mass is 32.1. The number of nitrogens with one attached hydrogen (secondary N) is 1. The summed E-state index contributed by atoms with van der Waals surface area (Å²) in [7, 11) is 0. The van der Waals surface area contributed by atoms with Gasteiger partial charge in [-0.2, -0.15) is 5.10 Å². The van der Waals surface area contributed by atoms with Crippen LogP contribution in [0.4, 0.5) is 0 Å². The van der Waals surface area contributed by atoms with Crippen LogP contribution >= 0.6 is 12.2 Å². The number of hydrogen-bond acceptors (Lipinski definition) is 4. The van der Waals surface area contributed by atoms with Gasteiger partial charge in [0.1, 0.15) is 6.10 Å². The summed E-state index contributed by atoms with van der Waals surface area (Å²) in [6.07, 6.45) is 1.44. The first-order valence-electron chi connectivity index (χ1n) is 3.90. The second-order valence-corrected chi connectivity index (χ2v) is 3.56.